The summed E-state index contributed by atoms with van der Waals surface area (Å²) in [6.07, 6.45) is 0.885. The maximum absolute atomic E-state index is 12.5. The fourth-order valence-electron chi connectivity index (χ4n) is 3.09. The van der Waals surface area contributed by atoms with E-state index in [1.807, 2.05) is 48.5 Å². The highest BCUT2D eigenvalue weighted by Crippen LogP contribution is 2.30. The molecule has 1 aliphatic rings. The van der Waals surface area contributed by atoms with Crippen molar-refractivity contribution >= 4 is 5.91 Å². The lowest BCUT2D eigenvalue weighted by Crippen LogP contribution is -2.31. The molecule has 0 radical (unpaired) electrons. The van der Waals surface area contributed by atoms with Gasteiger partial charge in [0.15, 0.2) is 0 Å². The number of rotatable bonds is 5. The van der Waals surface area contributed by atoms with Gasteiger partial charge in [-0.05, 0) is 35.4 Å². The van der Waals surface area contributed by atoms with Crippen molar-refractivity contribution in [2.24, 2.45) is 0 Å². The molecular weight excluding hydrogens is 330 g/mol. The summed E-state index contributed by atoms with van der Waals surface area (Å²) in [5.41, 5.74) is 3.99. The molecule has 1 atom stereocenters. The molecule has 0 bridgehead atoms. The number of hydrogen-bond acceptors (Lipinski definition) is 4. The van der Waals surface area contributed by atoms with E-state index in [1.165, 1.54) is 0 Å². The van der Waals surface area contributed by atoms with Gasteiger partial charge in [-0.2, -0.15) is 5.10 Å². The summed E-state index contributed by atoms with van der Waals surface area (Å²) in [4.78, 5) is 12.5. The van der Waals surface area contributed by atoms with Crippen LogP contribution in [0.25, 0.3) is 11.3 Å². The molecule has 0 spiro atoms. The summed E-state index contributed by atoms with van der Waals surface area (Å²) >= 11 is 0. The van der Waals surface area contributed by atoms with Crippen molar-refractivity contribution in [2.75, 3.05) is 13.2 Å². The number of aromatic nitrogens is 2. The Balaban J connectivity index is 1.51. The largest absolute Gasteiger partial charge is 0.493 e. The number of aliphatic hydroxyl groups excluding tert-OH is 1. The molecule has 1 aromatic heterocycles. The fourth-order valence-corrected chi connectivity index (χ4v) is 3.09. The Hall–Kier alpha value is -3.12. The van der Waals surface area contributed by atoms with Crippen LogP contribution < -0.4 is 10.1 Å². The second-order valence-corrected chi connectivity index (χ2v) is 6.21. The van der Waals surface area contributed by atoms with Gasteiger partial charge in [0.25, 0.3) is 5.91 Å². The number of nitrogens with one attached hydrogen (secondary N) is 2. The molecule has 6 heteroatoms. The number of carbonyl (C=O) groups is 1. The molecule has 0 fully saturated rings. The van der Waals surface area contributed by atoms with Crippen molar-refractivity contribution < 1.29 is 14.6 Å². The van der Waals surface area contributed by atoms with Gasteiger partial charge >= 0.3 is 0 Å². The van der Waals surface area contributed by atoms with E-state index < -0.39 is 6.04 Å². The lowest BCUT2D eigenvalue weighted by molar-refractivity contribution is 0.0911. The Labute approximate surface area is 150 Å². The van der Waals surface area contributed by atoms with Crippen molar-refractivity contribution in [3.63, 3.8) is 0 Å². The Bertz CT molecular complexity index is 921. The first-order chi connectivity index (χ1) is 12.7. The Morgan fingerprint density at radius 1 is 1.23 bits per heavy atom. The third-order valence-electron chi connectivity index (χ3n) is 4.50. The molecule has 3 N–H and O–H groups in total. The normalized spacial score (nSPS) is 13.7. The van der Waals surface area contributed by atoms with Gasteiger partial charge in [0.05, 0.1) is 24.9 Å². The van der Waals surface area contributed by atoms with Crippen LogP contribution in [0.15, 0.2) is 54.6 Å². The average Bonchev–Trinajstić information content (AvgIpc) is 3.35. The molecule has 2 heterocycles. The molecule has 132 valence electrons. The predicted octanol–water partition coefficient (Wildman–Crippen LogP) is 2.48. The van der Waals surface area contributed by atoms with Crippen LogP contribution >= 0.6 is 0 Å². The van der Waals surface area contributed by atoms with E-state index in [9.17, 15) is 9.90 Å². The third kappa shape index (κ3) is 3.19. The van der Waals surface area contributed by atoms with Crippen molar-refractivity contribution in [1.29, 1.82) is 0 Å². The van der Waals surface area contributed by atoms with Gasteiger partial charge in [-0.1, -0.05) is 30.3 Å². The second-order valence-electron chi connectivity index (χ2n) is 6.21. The monoisotopic (exact) mass is 349 g/mol. The number of hydrogen-bond donors (Lipinski definition) is 3. The summed E-state index contributed by atoms with van der Waals surface area (Å²) in [7, 11) is 0. The average molecular weight is 349 g/mol. The smallest absolute Gasteiger partial charge is 0.269 e. The minimum Gasteiger partial charge on any atom is -0.493 e. The molecule has 26 heavy (non-hydrogen) atoms. The number of aromatic amines is 1. The minimum atomic E-state index is -0.465. The van der Waals surface area contributed by atoms with Gasteiger partial charge < -0.3 is 15.2 Å². The lowest BCUT2D eigenvalue weighted by atomic mass is 10.1. The van der Waals surface area contributed by atoms with Crippen LogP contribution in [0, 0.1) is 0 Å². The highest BCUT2D eigenvalue weighted by Gasteiger charge is 2.18. The van der Waals surface area contributed by atoms with E-state index >= 15 is 0 Å². The fraction of sp³-hybridized carbons (Fsp3) is 0.200. The lowest BCUT2D eigenvalue weighted by Gasteiger charge is -2.15. The Kier molecular flexibility index (Phi) is 4.41. The van der Waals surface area contributed by atoms with Crippen LogP contribution in [0.2, 0.25) is 0 Å². The summed E-state index contributed by atoms with van der Waals surface area (Å²) in [5, 5.41) is 19.4. The number of fused-ring (bicyclic) bond motifs is 1. The van der Waals surface area contributed by atoms with Crippen LogP contribution in [0.5, 0.6) is 5.75 Å². The number of ether oxygens (including phenoxy) is 1. The van der Waals surface area contributed by atoms with Crippen molar-refractivity contribution in [3.8, 4) is 17.0 Å². The van der Waals surface area contributed by atoms with E-state index in [1.54, 1.807) is 6.07 Å². The van der Waals surface area contributed by atoms with Gasteiger partial charge in [-0.3, -0.25) is 9.89 Å². The zero-order valence-corrected chi connectivity index (χ0v) is 14.1. The number of aliphatic hydroxyl groups is 1. The van der Waals surface area contributed by atoms with Gasteiger partial charge in [-0.25, -0.2) is 0 Å². The van der Waals surface area contributed by atoms with Crippen LogP contribution in [0.4, 0.5) is 0 Å². The maximum atomic E-state index is 12.5. The third-order valence-corrected chi connectivity index (χ3v) is 4.50. The minimum absolute atomic E-state index is 0.179. The quantitative estimate of drug-likeness (QED) is 0.660. The highest BCUT2D eigenvalue weighted by molar-refractivity contribution is 5.93. The first kappa shape index (κ1) is 16.4. The van der Waals surface area contributed by atoms with Gasteiger partial charge in [0.2, 0.25) is 0 Å². The number of nitrogens with zero attached hydrogens (tertiary/aromatic N) is 1. The van der Waals surface area contributed by atoms with Gasteiger partial charge in [0.1, 0.15) is 11.4 Å². The molecule has 6 nitrogen and oxygen atoms in total. The first-order valence-corrected chi connectivity index (χ1v) is 8.53. The molecule has 3 aromatic rings. The van der Waals surface area contributed by atoms with Crippen LogP contribution in [-0.2, 0) is 6.42 Å². The number of benzene rings is 2. The topological polar surface area (TPSA) is 87.2 Å². The predicted molar refractivity (Wildman–Crippen MR) is 97.0 cm³/mol. The summed E-state index contributed by atoms with van der Waals surface area (Å²) in [6, 6.07) is 16.5. The summed E-state index contributed by atoms with van der Waals surface area (Å²) in [5.74, 6) is 0.604. The molecule has 0 saturated heterocycles. The van der Waals surface area contributed by atoms with Crippen molar-refractivity contribution in [2.45, 2.75) is 12.5 Å². The van der Waals surface area contributed by atoms with Crippen molar-refractivity contribution in [3.05, 3.63) is 71.4 Å². The van der Waals surface area contributed by atoms with E-state index in [0.29, 0.717) is 18.0 Å². The van der Waals surface area contributed by atoms with E-state index in [4.69, 9.17) is 4.74 Å². The number of amides is 1. The van der Waals surface area contributed by atoms with Crippen molar-refractivity contribution in [1.82, 2.24) is 15.5 Å². The first-order valence-electron chi connectivity index (χ1n) is 8.53. The zero-order chi connectivity index (χ0) is 17.9. The van der Waals surface area contributed by atoms with E-state index in [-0.39, 0.29) is 12.5 Å². The molecule has 2 aromatic carbocycles. The maximum Gasteiger partial charge on any atom is 0.269 e. The van der Waals surface area contributed by atoms with Gasteiger partial charge in [0, 0.05) is 12.0 Å². The van der Waals surface area contributed by atoms with Crippen LogP contribution in [0.3, 0.4) is 0 Å². The Morgan fingerprint density at radius 3 is 2.88 bits per heavy atom. The zero-order valence-electron chi connectivity index (χ0n) is 14.1. The SMILES string of the molecule is O=C(N[C@@H](CO)c1ccccc1)c1cc(-c2ccc3c(c2)CCO3)n[nH]1. The van der Waals surface area contributed by atoms with E-state index in [0.717, 1.165) is 28.9 Å². The molecule has 0 unspecified atom stereocenters. The van der Waals surface area contributed by atoms with E-state index in [2.05, 4.69) is 15.5 Å². The highest BCUT2D eigenvalue weighted by atomic mass is 16.5. The van der Waals surface area contributed by atoms with Gasteiger partial charge in [-0.15, -0.1) is 0 Å². The molecule has 1 aliphatic heterocycles. The Morgan fingerprint density at radius 2 is 2.08 bits per heavy atom. The molecule has 0 aliphatic carbocycles. The molecule has 1 amide bonds. The number of carbonyl (C=O) groups excluding carboxylic acids is 1. The summed E-state index contributed by atoms with van der Waals surface area (Å²) < 4.78 is 5.51. The standard InChI is InChI=1S/C20H19N3O3/c24-12-18(13-4-2-1-3-5-13)21-20(25)17-11-16(22-23-17)14-6-7-19-15(10-14)8-9-26-19/h1-7,10-11,18,24H,8-9,12H2,(H,21,25)(H,22,23)/t18-/m0/s1. The van der Waals surface area contributed by atoms with Crippen LogP contribution in [0.1, 0.15) is 27.7 Å². The van der Waals surface area contributed by atoms with Crippen LogP contribution in [-0.4, -0.2) is 34.4 Å². The molecular formula is C20H19N3O3. The molecule has 0 saturated carbocycles. The second kappa shape index (κ2) is 7.01. The number of H-pyrrole nitrogens is 1. The summed E-state index contributed by atoms with van der Waals surface area (Å²) in [6.45, 7) is 0.524. The molecule has 4 rings (SSSR count).